The molecule has 0 bridgehead atoms. The molecule has 7 nitrogen and oxygen atoms in total. The van der Waals surface area contributed by atoms with Crippen molar-refractivity contribution in [2.75, 3.05) is 20.2 Å². The average molecular weight is 491 g/mol. The Morgan fingerprint density at radius 3 is 2.23 bits per heavy atom. The topological polar surface area (TPSA) is 109 Å². The van der Waals surface area contributed by atoms with E-state index in [2.05, 4.69) is 16.0 Å². The predicted molar refractivity (Wildman–Crippen MR) is 140 cm³/mol. The van der Waals surface area contributed by atoms with Gasteiger partial charge in [0.1, 0.15) is 5.82 Å². The minimum absolute atomic E-state index is 0.237. The van der Waals surface area contributed by atoms with Crippen molar-refractivity contribution in [3.8, 4) is 11.1 Å². The summed E-state index contributed by atoms with van der Waals surface area (Å²) in [5, 5.41) is 12.6. The first-order chi connectivity index (χ1) is 16.7. The molecule has 1 aromatic heterocycles. The van der Waals surface area contributed by atoms with Gasteiger partial charge in [0.05, 0.1) is 18.8 Å². The van der Waals surface area contributed by atoms with E-state index >= 15 is 0 Å². The molecule has 35 heavy (non-hydrogen) atoms. The second kappa shape index (κ2) is 16.7. The average Bonchev–Trinajstić information content (AvgIpc) is 2.84. The van der Waals surface area contributed by atoms with Gasteiger partial charge in [-0.15, -0.1) is 0 Å². The summed E-state index contributed by atoms with van der Waals surface area (Å²) in [6, 6.07) is 7.28. The maximum Gasteiger partial charge on any atom is 0.324 e. The third-order valence-corrected chi connectivity index (χ3v) is 4.84. The molecule has 8 heteroatoms. The maximum atomic E-state index is 14.0. The van der Waals surface area contributed by atoms with Gasteiger partial charge in [-0.25, -0.2) is 9.18 Å². The molecule has 1 unspecified atom stereocenters. The van der Waals surface area contributed by atoms with Gasteiger partial charge in [0.15, 0.2) is 0 Å². The fourth-order valence-corrected chi connectivity index (χ4v) is 3.17. The fourth-order valence-electron chi connectivity index (χ4n) is 3.17. The Labute approximate surface area is 209 Å². The molecule has 0 aliphatic rings. The van der Waals surface area contributed by atoms with Crippen molar-refractivity contribution in [3.05, 3.63) is 54.1 Å². The standard InChI is InChI=1S/C24H32FN3O3.C2H6.CH5N/c1-5-6-13-28(22(30)14-24(2,3)4)23(31)27-21(16-29)18-9-7-17(8-10-18)19-11-12-26-15-20(19)25;2*1-2/h7-12,15,21,29H,5-6,13-14,16H2,1-4H3,(H,27,31);1-2H3;2H2,1H3. The summed E-state index contributed by atoms with van der Waals surface area (Å²) in [7, 11) is 1.50. The Morgan fingerprint density at radius 1 is 1.14 bits per heavy atom. The molecule has 4 N–H and O–H groups in total. The number of unbranched alkanes of at least 4 members (excludes halogenated alkanes) is 1. The Balaban J connectivity index is 0.00000274. The first kappa shape index (κ1) is 32.2. The summed E-state index contributed by atoms with van der Waals surface area (Å²) in [4.78, 5) is 30.6. The molecule has 3 amide bonds. The number of carbonyl (C=O) groups excluding carboxylic acids is 2. The van der Waals surface area contributed by atoms with Crippen molar-refractivity contribution < 1.29 is 19.1 Å². The molecule has 1 heterocycles. The summed E-state index contributed by atoms with van der Waals surface area (Å²) in [5.41, 5.74) is 6.00. The van der Waals surface area contributed by atoms with E-state index in [1.165, 1.54) is 18.1 Å². The first-order valence-electron chi connectivity index (χ1n) is 12.2. The number of aliphatic hydroxyl groups excluding tert-OH is 1. The minimum atomic E-state index is -0.685. The summed E-state index contributed by atoms with van der Waals surface area (Å²) >= 11 is 0. The van der Waals surface area contributed by atoms with E-state index in [0.29, 0.717) is 29.7 Å². The van der Waals surface area contributed by atoms with Gasteiger partial charge in [-0.05, 0) is 36.1 Å². The smallest absolute Gasteiger partial charge is 0.324 e. The Kier molecular flexibility index (Phi) is 15.4. The van der Waals surface area contributed by atoms with Crippen LogP contribution in [-0.4, -0.2) is 47.1 Å². The predicted octanol–water partition coefficient (Wildman–Crippen LogP) is 5.30. The number of aromatic nitrogens is 1. The Hall–Kier alpha value is -2.84. The van der Waals surface area contributed by atoms with E-state index in [9.17, 15) is 19.1 Å². The van der Waals surface area contributed by atoms with Crippen molar-refractivity contribution in [1.29, 1.82) is 0 Å². The normalized spacial score (nSPS) is 11.3. The van der Waals surface area contributed by atoms with E-state index in [0.717, 1.165) is 12.6 Å². The highest BCUT2D eigenvalue weighted by Gasteiger charge is 2.27. The number of rotatable bonds is 8. The van der Waals surface area contributed by atoms with Gasteiger partial charge in [0.25, 0.3) is 0 Å². The van der Waals surface area contributed by atoms with Gasteiger partial charge in [-0.3, -0.25) is 14.7 Å². The number of nitrogens with zero attached hydrogens (tertiary/aromatic N) is 2. The largest absolute Gasteiger partial charge is 0.394 e. The van der Waals surface area contributed by atoms with Crippen LogP contribution in [0, 0.1) is 11.2 Å². The fraction of sp³-hybridized carbons (Fsp3) is 0.519. The highest BCUT2D eigenvalue weighted by molar-refractivity contribution is 5.94. The third kappa shape index (κ3) is 11.0. The molecule has 0 radical (unpaired) electrons. The molecule has 196 valence electrons. The second-order valence-electron chi connectivity index (χ2n) is 8.80. The van der Waals surface area contributed by atoms with Crippen molar-refractivity contribution >= 4 is 11.9 Å². The van der Waals surface area contributed by atoms with Crippen LogP contribution >= 0.6 is 0 Å². The van der Waals surface area contributed by atoms with Crippen molar-refractivity contribution in [2.45, 2.75) is 66.8 Å². The lowest BCUT2D eigenvalue weighted by Crippen LogP contribution is -2.47. The molecular formula is C27H43FN4O3. The number of pyridine rings is 1. The van der Waals surface area contributed by atoms with Crippen molar-refractivity contribution in [3.63, 3.8) is 0 Å². The van der Waals surface area contributed by atoms with Gasteiger partial charge in [-0.1, -0.05) is 72.2 Å². The number of aliphatic hydroxyl groups is 1. The molecule has 0 fully saturated rings. The molecule has 0 aliphatic heterocycles. The molecule has 0 saturated heterocycles. The quantitative estimate of drug-likeness (QED) is 0.465. The SMILES string of the molecule is CC.CCCCN(C(=O)CC(C)(C)C)C(=O)NC(CO)c1ccc(-c2ccncc2F)cc1.CN. The van der Waals surface area contributed by atoms with Crippen molar-refractivity contribution in [2.24, 2.45) is 11.1 Å². The number of benzene rings is 1. The van der Waals surface area contributed by atoms with Crippen LogP contribution in [0.3, 0.4) is 0 Å². The lowest BCUT2D eigenvalue weighted by molar-refractivity contribution is -0.130. The zero-order chi connectivity index (χ0) is 27.0. The molecule has 2 aromatic rings. The number of nitrogens with two attached hydrogens (primary N) is 1. The summed E-state index contributed by atoms with van der Waals surface area (Å²) < 4.78 is 14.0. The van der Waals surface area contributed by atoms with E-state index in [-0.39, 0.29) is 24.3 Å². The molecule has 2 rings (SSSR count). The van der Waals surface area contributed by atoms with E-state index in [1.54, 1.807) is 30.3 Å². The highest BCUT2D eigenvalue weighted by atomic mass is 19.1. The van der Waals surface area contributed by atoms with Crippen molar-refractivity contribution in [1.82, 2.24) is 15.2 Å². The van der Waals surface area contributed by atoms with Crippen LogP contribution < -0.4 is 11.1 Å². The second-order valence-corrected chi connectivity index (χ2v) is 8.80. The number of imide groups is 1. The number of hydrogen-bond donors (Lipinski definition) is 3. The van der Waals surface area contributed by atoms with Crippen LogP contribution in [0.4, 0.5) is 9.18 Å². The number of nitrogens with one attached hydrogen (secondary N) is 1. The monoisotopic (exact) mass is 490 g/mol. The van der Waals surface area contributed by atoms with Crippen LogP contribution in [-0.2, 0) is 4.79 Å². The minimum Gasteiger partial charge on any atom is -0.394 e. The van der Waals surface area contributed by atoms with E-state index in [1.807, 2.05) is 41.5 Å². The third-order valence-electron chi connectivity index (χ3n) is 4.84. The Morgan fingerprint density at radius 2 is 1.74 bits per heavy atom. The first-order valence-corrected chi connectivity index (χ1v) is 12.2. The summed E-state index contributed by atoms with van der Waals surface area (Å²) in [6.07, 6.45) is 4.48. The van der Waals surface area contributed by atoms with Crippen LogP contribution in [0.5, 0.6) is 0 Å². The van der Waals surface area contributed by atoms with Gasteiger partial charge in [0.2, 0.25) is 5.91 Å². The maximum absolute atomic E-state index is 14.0. The molecule has 1 aromatic carbocycles. The van der Waals surface area contributed by atoms with Crippen LogP contribution in [0.2, 0.25) is 0 Å². The lowest BCUT2D eigenvalue weighted by Gasteiger charge is -2.27. The Bertz CT molecular complexity index is 883. The van der Waals surface area contributed by atoms with Crippen LogP contribution in [0.15, 0.2) is 42.7 Å². The molecular weight excluding hydrogens is 447 g/mol. The van der Waals surface area contributed by atoms with E-state index < -0.39 is 17.9 Å². The number of amides is 3. The molecule has 1 atom stereocenters. The zero-order valence-electron chi connectivity index (χ0n) is 22.3. The summed E-state index contributed by atoms with van der Waals surface area (Å²) in [5.74, 6) is -0.662. The van der Waals surface area contributed by atoms with E-state index in [4.69, 9.17) is 0 Å². The molecule has 0 spiro atoms. The van der Waals surface area contributed by atoms with Gasteiger partial charge in [0, 0.05) is 24.7 Å². The van der Waals surface area contributed by atoms with Gasteiger partial charge < -0.3 is 16.2 Å². The number of carbonyl (C=O) groups is 2. The molecule has 0 saturated carbocycles. The van der Waals surface area contributed by atoms with Crippen LogP contribution in [0.25, 0.3) is 11.1 Å². The van der Waals surface area contributed by atoms with Gasteiger partial charge in [-0.2, -0.15) is 0 Å². The molecule has 0 aliphatic carbocycles. The summed E-state index contributed by atoms with van der Waals surface area (Å²) in [6.45, 7) is 11.8. The zero-order valence-corrected chi connectivity index (χ0v) is 22.3. The number of urea groups is 1. The van der Waals surface area contributed by atoms with Gasteiger partial charge >= 0.3 is 6.03 Å². The lowest BCUT2D eigenvalue weighted by atomic mass is 9.91. The highest BCUT2D eigenvalue weighted by Crippen LogP contribution is 2.24. The number of hydrogen-bond acceptors (Lipinski definition) is 5. The number of halogens is 1. The van der Waals surface area contributed by atoms with Crippen LogP contribution in [0.1, 0.15) is 72.4 Å².